The minimum atomic E-state index is -0.206. The fourth-order valence-electron chi connectivity index (χ4n) is 2.47. The van der Waals surface area contributed by atoms with E-state index in [0.29, 0.717) is 23.3 Å². The highest BCUT2D eigenvalue weighted by Gasteiger charge is 2.12. The van der Waals surface area contributed by atoms with Crippen LogP contribution >= 0.6 is 0 Å². The maximum atomic E-state index is 12.6. The van der Waals surface area contributed by atoms with Crippen molar-refractivity contribution in [3.63, 3.8) is 0 Å². The maximum Gasteiger partial charge on any atom is 0.267 e. The van der Waals surface area contributed by atoms with Crippen LogP contribution in [-0.2, 0) is 0 Å². The number of benzene rings is 1. The molecule has 0 bridgehead atoms. The van der Waals surface area contributed by atoms with Gasteiger partial charge in [0.05, 0.1) is 17.7 Å². The van der Waals surface area contributed by atoms with Gasteiger partial charge in [-0.15, -0.1) is 0 Å². The molecule has 0 unspecified atom stereocenters. The molecule has 0 radical (unpaired) electrons. The second-order valence-electron chi connectivity index (χ2n) is 5.24. The topological polar surface area (TPSA) is 83.0 Å². The number of fused-ring (bicyclic) bond motifs is 1. The van der Waals surface area contributed by atoms with Crippen LogP contribution in [0.5, 0.6) is 5.75 Å². The van der Waals surface area contributed by atoms with E-state index in [9.17, 15) is 4.79 Å². The van der Waals surface area contributed by atoms with Crippen LogP contribution < -0.4 is 16.0 Å². The van der Waals surface area contributed by atoms with E-state index in [2.05, 4.69) is 9.97 Å². The third-order valence-corrected chi connectivity index (χ3v) is 3.59. The van der Waals surface area contributed by atoms with Gasteiger partial charge in [0.2, 0.25) is 0 Å². The van der Waals surface area contributed by atoms with E-state index >= 15 is 0 Å². The Labute approximate surface area is 133 Å². The zero-order valence-electron chi connectivity index (χ0n) is 13.1. The van der Waals surface area contributed by atoms with Gasteiger partial charge in [-0.2, -0.15) is 0 Å². The minimum absolute atomic E-state index is 0.164. The molecule has 0 fully saturated rings. The molecular weight excluding hydrogens is 292 g/mol. The molecular formula is C17H18N4O2. The predicted octanol–water partition coefficient (Wildman–Crippen LogP) is 2.20. The first-order chi connectivity index (χ1) is 11.1. The van der Waals surface area contributed by atoms with Crippen molar-refractivity contribution in [2.75, 3.05) is 6.61 Å². The molecule has 0 aliphatic carbocycles. The molecule has 2 aromatic heterocycles. The van der Waals surface area contributed by atoms with E-state index < -0.39 is 0 Å². The molecule has 6 nitrogen and oxygen atoms in total. The molecule has 0 saturated heterocycles. The number of nitrogens with two attached hydrogens (primary N) is 1. The van der Waals surface area contributed by atoms with E-state index in [1.807, 2.05) is 32.0 Å². The number of rotatable bonds is 4. The van der Waals surface area contributed by atoms with Crippen molar-refractivity contribution < 1.29 is 4.74 Å². The van der Waals surface area contributed by atoms with E-state index in [1.165, 1.54) is 10.9 Å². The Balaban J connectivity index is 2.17. The summed E-state index contributed by atoms with van der Waals surface area (Å²) in [7, 11) is 0. The van der Waals surface area contributed by atoms with E-state index in [-0.39, 0.29) is 11.6 Å². The lowest BCUT2D eigenvalue weighted by Crippen LogP contribution is -2.20. The Morgan fingerprint density at radius 3 is 2.87 bits per heavy atom. The molecule has 2 N–H and O–H groups in total. The van der Waals surface area contributed by atoms with Crippen molar-refractivity contribution in [1.29, 1.82) is 0 Å². The lowest BCUT2D eigenvalue weighted by Gasteiger charge is -2.15. The second-order valence-corrected chi connectivity index (χ2v) is 5.24. The van der Waals surface area contributed by atoms with Gasteiger partial charge in [-0.05, 0) is 44.2 Å². The van der Waals surface area contributed by atoms with E-state index in [0.717, 1.165) is 11.3 Å². The van der Waals surface area contributed by atoms with Gasteiger partial charge in [0, 0.05) is 17.8 Å². The third-order valence-electron chi connectivity index (χ3n) is 3.59. The molecule has 3 rings (SSSR count). The van der Waals surface area contributed by atoms with Crippen molar-refractivity contribution in [1.82, 2.24) is 14.5 Å². The highest BCUT2D eigenvalue weighted by Crippen LogP contribution is 2.26. The molecule has 1 aromatic carbocycles. The van der Waals surface area contributed by atoms with Crippen LogP contribution in [0.2, 0.25) is 0 Å². The van der Waals surface area contributed by atoms with E-state index in [4.69, 9.17) is 10.5 Å². The summed E-state index contributed by atoms with van der Waals surface area (Å²) < 4.78 is 7.09. The minimum Gasteiger partial charge on any atom is -0.494 e. The number of aromatic nitrogens is 3. The van der Waals surface area contributed by atoms with Crippen LogP contribution in [0.3, 0.4) is 0 Å². The summed E-state index contributed by atoms with van der Waals surface area (Å²) in [6, 6.07) is 8.75. The molecule has 0 spiro atoms. The summed E-state index contributed by atoms with van der Waals surface area (Å²) in [6.45, 7) is 4.36. The SMILES string of the molecule is CCOc1ccc(-n2cnc3ncccc3c2=O)cc1[C@@H](C)N. The Hall–Kier alpha value is -2.73. The number of ether oxygens (including phenoxy) is 1. The normalized spacial score (nSPS) is 12.3. The number of nitrogens with zero attached hydrogens (tertiary/aromatic N) is 3. The molecule has 0 aliphatic rings. The summed E-state index contributed by atoms with van der Waals surface area (Å²) in [5, 5.41) is 0.478. The Bertz CT molecular complexity index is 902. The molecule has 0 saturated carbocycles. The Kier molecular flexibility index (Phi) is 4.08. The van der Waals surface area contributed by atoms with Gasteiger partial charge in [0.1, 0.15) is 12.1 Å². The highest BCUT2D eigenvalue weighted by atomic mass is 16.5. The van der Waals surface area contributed by atoms with Crippen LogP contribution in [0.15, 0.2) is 47.7 Å². The first kappa shape index (κ1) is 15.2. The molecule has 1 atom stereocenters. The van der Waals surface area contributed by atoms with Gasteiger partial charge >= 0.3 is 0 Å². The lowest BCUT2D eigenvalue weighted by atomic mass is 10.1. The van der Waals surface area contributed by atoms with Crippen LogP contribution in [-0.4, -0.2) is 21.1 Å². The highest BCUT2D eigenvalue weighted by molar-refractivity contribution is 5.73. The van der Waals surface area contributed by atoms with Crippen LogP contribution in [0.1, 0.15) is 25.5 Å². The number of hydrogen-bond acceptors (Lipinski definition) is 5. The van der Waals surface area contributed by atoms with Crippen molar-refractivity contribution in [2.24, 2.45) is 5.73 Å². The van der Waals surface area contributed by atoms with E-state index in [1.54, 1.807) is 18.3 Å². The van der Waals surface area contributed by atoms with Gasteiger partial charge in [-0.1, -0.05) is 0 Å². The average Bonchev–Trinajstić information content (AvgIpc) is 2.56. The lowest BCUT2D eigenvalue weighted by molar-refractivity contribution is 0.335. The van der Waals surface area contributed by atoms with Crippen LogP contribution in [0.25, 0.3) is 16.7 Å². The number of pyridine rings is 1. The molecule has 6 heteroatoms. The molecule has 3 aromatic rings. The third kappa shape index (κ3) is 2.80. The zero-order valence-corrected chi connectivity index (χ0v) is 13.1. The molecule has 0 aliphatic heterocycles. The Morgan fingerprint density at radius 2 is 2.13 bits per heavy atom. The van der Waals surface area contributed by atoms with Crippen molar-refractivity contribution in [2.45, 2.75) is 19.9 Å². The quantitative estimate of drug-likeness (QED) is 0.798. The summed E-state index contributed by atoms with van der Waals surface area (Å²) in [5.74, 6) is 0.731. The summed E-state index contributed by atoms with van der Waals surface area (Å²) in [4.78, 5) is 21.0. The van der Waals surface area contributed by atoms with Crippen molar-refractivity contribution >= 4 is 11.0 Å². The summed E-state index contributed by atoms with van der Waals surface area (Å²) in [5.41, 5.74) is 7.85. The van der Waals surface area contributed by atoms with Gasteiger partial charge < -0.3 is 10.5 Å². The molecule has 0 amide bonds. The first-order valence-corrected chi connectivity index (χ1v) is 7.47. The zero-order chi connectivity index (χ0) is 16.4. The van der Waals surface area contributed by atoms with Crippen LogP contribution in [0.4, 0.5) is 0 Å². The summed E-state index contributed by atoms with van der Waals surface area (Å²) in [6.07, 6.45) is 3.10. The van der Waals surface area contributed by atoms with Crippen LogP contribution in [0, 0.1) is 0 Å². The molecule has 23 heavy (non-hydrogen) atoms. The molecule has 118 valence electrons. The Morgan fingerprint density at radius 1 is 1.30 bits per heavy atom. The predicted molar refractivity (Wildman–Crippen MR) is 88.9 cm³/mol. The van der Waals surface area contributed by atoms with Gasteiger partial charge in [0.25, 0.3) is 5.56 Å². The average molecular weight is 310 g/mol. The van der Waals surface area contributed by atoms with Crippen molar-refractivity contribution in [3.8, 4) is 11.4 Å². The summed E-state index contributed by atoms with van der Waals surface area (Å²) >= 11 is 0. The fourth-order valence-corrected chi connectivity index (χ4v) is 2.47. The molecule has 2 heterocycles. The van der Waals surface area contributed by atoms with Gasteiger partial charge in [-0.3, -0.25) is 9.36 Å². The second kappa shape index (κ2) is 6.18. The number of hydrogen-bond donors (Lipinski definition) is 1. The fraction of sp³-hybridized carbons (Fsp3) is 0.235. The van der Waals surface area contributed by atoms with Crippen molar-refractivity contribution in [3.05, 3.63) is 58.8 Å². The monoisotopic (exact) mass is 310 g/mol. The first-order valence-electron chi connectivity index (χ1n) is 7.47. The maximum absolute atomic E-state index is 12.6. The van der Waals surface area contributed by atoms with Gasteiger partial charge in [0.15, 0.2) is 5.65 Å². The smallest absolute Gasteiger partial charge is 0.267 e. The van der Waals surface area contributed by atoms with Gasteiger partial charge in [-0.25, -0.2) is 9.97 Å². The standard InChI is InChI=1S/C17H18N4O2/c1-3-23-15-7-6-12(9-14(15)11(2)18)21-10-20-16-13(17(21)22)5-4-8-19-16/h4-11H,3,18H2,1-2H3/t11-/m1/s1. The largest absolute Gasteiger partial charge is 0.494 e.